The Labute approximate surface area is 135 Å². The zero-order valence-corrected chi connectivity index (χ0v) is 14.8. The fraction of sp³-hybridized carbons (Fsp3) is 0.571. The van der Waals surface area contributed by atoms with Crippen LogP contribution in [0.1, 0.15) is 19.8 Å². The number of hydrogen-bond donors (Lipinski definition) is 1. The normalized spacial score (nSPS) is 18.3. The van der Waals surface area contributed by atoms with Crippen LogP contribution in [-0.2, 0) is 10.0 Å². The molecule has 1 aliphatic rings. The lowest BCUT2D eigenvalue weighted by Gasteiger charge is -2.35. The van der Waals surface area contributed by atoms with E-state index in [1.807, 2.05) is 0 Å². The van der Waals surface area contributed by atoms with Gasteiger partial charge in [-0.1, -0.05) is 6.92 Å². The summed E-state index contributed by atoms with van der Waals surface area (Å²) >= 11 is 3.31. The molecule has 0 saturated carbocycles. The van der Waals surface area contributed by atoms with Crippen molar-refractivity contribution in [2.24, 2.45) is 0 Å². The van der Waals surface area contributed by atoms with Crippen molar-refractivity contribution in [1.82, 2.24) is 9.21 Å². The largest absolute Gasteiger partial charge is 0.399 e. The fourth-order valence-corrected chi connectivity index (χ4v) is 5.04. The van der Waals surface area contributed by atoms with Crippen molar-refractivity contribution in [1.29, 1.82) is 0 Å². The number of anilines is 1. The molecule has 5 nitrogen and oxygen atoms in total. The first-order valence-corrected chi connectivity index (χ1v) is 9.35. The topological polar surface area (TPSA) is 66.6 Å². The molecule has 7 heteroatoms. The molecule has 0 bridgehead atoms. The molecule has 0 aromatic heterocycles. The molecule has 1 aromatic rings. The highest BCUT2D eigenvalue weighted by Gasteiger charge is 2.31. The maximum Gasteiger partial charge on any atom is 0.244 e. The lowest BCUT2D eigenvalue weighted by molar-refractivity contribution is 0.176. The lowest BCUT2D eigenvalue weighted by atomic mass is 10.1. The Bertz CT molecular complexity index is 598. The third-order valence-electron chi connectivity index (χ3n) is 4.13. The number of piperidine rings is 1. The first-order valence-electron chi connectivity index (χ1n) is 7.11. The SMILES string of the molecule is CCN1CCC(N(C)S(=O)(=O)c2cc(N)ccc2Br)CC1. The summed E-state index contributed by atoms with van der Waals surface area (Å²) in [5.74, 6) is 0. The van der Waals surface area contributed by atoms with E-state index < -0.39 is 10.0 Å². The van der Waals surface area contributed by atoms with Gasteiger partial charge in [0.1, 0.15) is 0 Å². The van der Waals surface area contributed by atoms with Gasteiger partial charge >= 0.3 is 0 Å². The van der Waals surface area contributed by atoms with Crippen LogP contribution in [0.15, 0.2) is 27.6 Å². The minimum Gasteiger partial charge on any atom is -0.399 e. The molecule has 0 radical (unpaired) electrons. The minimum absolute atomic E-state index is 0.0473. The number of hydrogen-bond acceptors (Lipinski definition) is 4. The summed E-state index contributed by atoms with van der Waals surface area (Å²) in [4.78, 5) is 2.58. The van der Waals surface area contributed by atoms with Gasteiger partial charge in [-0.3, -0.25) is 0 Å². The molecular weight excluding hydrogens is 354 g/mol. The number of nitrogens with zero attached hydrogens (tertiary/aromatic N) is 2. The zero-order chi connectivity index (χ0) is 15.6. The summed E-state index contributed by atoms with van der Waals surface area (Å²) in [6.07, 6.45) is 1.73. The van der Waals surface area contributed by atoms with Crippen molar-refractivity contribution < 1.29 is 8.42 Å². The maximum absolute atomic E-state index is 12.8. The van der Waals surface area contributed by atoms with Gasteiger partial charge in [-0.05, 0) is 66.6 Å². The smallest absolute Gasteiger partial charge is 0.244 e. The van der Waals surface area contributed by atoms with Crippen LogP contribution in [0.25, 0.3) is 0 Å². The van der Waals surface area contributed by atoms with Gasteiger partial charge in [-0.2, -0.15) is 4.31 Å². The Morgan fingerprint density at radius 3 is 2.57 bits per heavy atom. The second-order valence-corrected chi connectivity index (χ2v) is 8.20. The van der Waals surface area contributed by atoms with Crippen molar-refractivity contribution >= 4 is 31.6 Å². The zero-order valence-electron chi connectivity index (χ0n) is 12.4. The van der Waals surface area contributed by atoms with E-state index in [2.05, 4.69) is 27.8 Å². The van der Waals surface area contributed by atoms with Crippen LogP contribution in [0, 0.1) is 0 Å². The van der Waals surface area contributed by atoms with Gasteiger partial charge in [0.15, 0.2) is 0 Å². The van der Waals surface area contributed by atoms with E-state index in [1.54, 1.807) is 19.2 Å². The highest BCUT2D eigenvalue weighted by atomic mass is 79.9. The Kier molecular flexibility index (Phi) is 5.29. The number of sulfonamides is 1. The molecule has 0 aliphatic carbocycles. The monoisotopic (exact) mass is 375 g/mol. The molecular formula is C14H22BrN3O2S. The molecule has 0 atom stereocenters. The van der Waals surface area contributed by atoms with Gasteiger partial charge < -0.3 is 10.6 Å². The number of rotatable bonds is 4. The third-order valence-corrected chi connectivity index (χ3v) is 7.03. The van der Waals surface area contributed by atoms with E-state index in [4.69, 9.17) is 5.73 Å². The second kappa shape index (κ2) is 6.64. The Balaban J connectivity index is 2.21. The van der Waals surface area contributed by atoms with Crippen molar-refractivity contribution in [2.75, 3.05) is 32.4 Å². The predicted octanol–water partition coefficient (Wildman–Crippen LogP) is 2.14. The van der Waals surface area contributed by atoms with E-state index in [1.165, 1.54) is 10.4 Å². The third kappa shape index (κ3) is 3.59. The number of benzene rings is 1. The van der Waals surface area contributed by atoms with Crippen LogP contribution in [0.5, 0.6) is 0 Å². The molecule has 1 aromatic carbocycles. The van der Waals surface area contributed by atoms with Crippen molar-refractivity contribution in [3.8, 4) is 0 Å². The molecule has 1 aliphatic heterocycles. The summed E-state index contributed by atoms with van der Waals surface area (Å²) < 4.78 is 27.6. The summed E-state index contributed by atoms with van der Waals surface area (Å²) in [6.45, 7) is 5.03. The van der Waals surface area contributed by atoms with Crippen molar-refractivity contribution in [2.45, 2.75) is 30.7 Å². The maximum atomic E-state index is 12.8. The van der Waals surface area contributed by atoms with Crippen LogP contribution >= 0.6 is 15.9 Å². The van der Waals surface area contributed by atoms with E-state index in [9.17, 15) is 8.42 Å². The van der Waals surface area contributed by atoms with Crippen LogP contribution in [0.4, 0.5) is 5.69 Å². The Morgan fingerprint density at radius 2 is 2.00 bits per heavy atom. The summed E-state index contributed by atoms with van der Waals surface area (Å²) in [6, 6.07) is 4.92. The van der Waals surface area contributed by atoms with Gasteiger partial charge in [-0.25, -0.2) is 8.42 Å². The molecule has 118 valence electrons. The molecule has 21 heavy (non-hydrogen) atoms. The highest BCUT2D eigenvalue weighted by Crippen LogP contribution is 2.29. The van der Waals surface area contributed by atoms with Gasteiger partial charge in [0.2, 0.25) is 10.0 Å². The van der Waals surface area contributed by atoms with Gasteiger partial charge in [-0.15, -0.1) is 0 Å². The van der Waals surface area contributed by atoms with Gasteiger partial charge in [0.05, 0.1) is 4.90 Å². The van der Waals surface area contributed by atoms with E-state index >= 15 is 0 Å². The Hall–Kier alpha value is -0.630. The van der Waals surface area contributed by atoms with E-state index in [0.717, 1.165) is 32.5 Å². The molecule has 2 N–H and O–H groups in total. The second-order valence-electron chi connectivity index (χ2n) is 5.38. The van der Waals surface area contributed by atoms with Crippen molar-refractivity contribution in [3.05, 3.63) is 22.7 Å². The van der Waals surface area contributed by atoms with Crippen LogP contribution in [0.2, 0.25) is 0 Å². The van der Waals surface area contributed by atoms with E-state index in [-0.39, 0.29) is 10.9 Å². The number of nitrogens with two attached hydrogens (primary N) is 1. The molecule has 1 heterocycles. The number of halogens is 1. The summed E-state index contributed by atoms with van der Waals surface area (Å²) in [5, 5.41) is 0. The highest BCUT2D eigenvalue weighted by molar-refractivity contribution is 9.10. The van der Waals surface area contributed by atoms with Gasteiger partial charge in [0, 0.05) is 23.2 Å². The summed E-state index contributed by atoms with van der Waals surface area (Å²) in [5.41, 5.74) is 6.18. The quantitative estimate of drug-likeness (QED) is 0.818. The molecule has 0 unspecified atom stereocenters. The Morgan fingerprint density at radius 1 is 1.38 bits per heavy atom. The molecule has 1 saturated heterocycles. The fourth-order valence-electron chi connectivity index (χ4n) is 2.67. The average molecular weight is 376 g/mol. The number of nitrogen functional groups attached to an aromatic ring is 1. The molecule has 1 fully saturated rings. The average Bonchev–Trinajstić information content (AvgIpc) is 2.49. The predicted molar refractivity (Wildman–Crippen MR) is 88.6 cm³/mol. The lowest BCUT2D eigenvalue weighted by Crippen LogP contribution is -2.45. The van der Waals surface area contributed by atoms with Crippen LogP contribution in [0.3, 0.4) is 0 Å². The van der Waals surface area contributed by atoms with Crippen LogP contribution in [-0.4, -0.2) is 50.3 Å². The first-order chi connectivity index (χ1) is 9.86. The van der Waals surface area contributed by atoms with Crippen LogP contribution < -0.4 is 5.73 Å². The standard InChI is InChI=1S/C14H22BrN3O2S/c1-3-18-8-6-12(7-9-18)17(2)21(19,20)14-10-11(16)4-5-13(14)15/h4-5,10,12H,3,6-9,16H2,1-2H3. The minimum atomic E-state index is -3.53. The molecule has 0 spiro atoms. The number of likely N-dealkylation sites (tertiary alicyclic amines) is 1. The molecule has 0 amide bonds. The summed E-state index contributed by atoms with van der Waals surface area (Å²) in [7, 11) is -1.86. The molecule has 2 rings (SSSR count). The van der Waals surface area contributed by atoms with Gasteiger partial charge in [0.25, 0.3) is 0 Å². The van der Waals surface area contributed by atoms with E-state index in [0.29, 0.717) is 10.2 Å². The first kappa shape index (κ1) is 16.7. The van der Waals surface area contributed by atoms with Crippen molar-refractivity contribution in [3.63, 3.8) is 0 Å².